The summed E-state index contributed by atoms with van der Waals surface area (Å²) in [4.78, 5) is 27.4. The number of para-hydroxylation sites is 1. The van der Waals surface area contributed by atoms with Crippen LogP contribution in [0.2, 0.25) is 0 Å². The lowest BCUT2D eigenvalue weighted by atomic mass is 10.1. The molecule has 0 radical (unpaired) electrons. The first-order valence-corrected chi connectivity index (χ1v) is 10.2. The number of aromatic nitrogens is 2. The average Bonchev–Trinajstić information content (AvgIpc) is 2.97. The first-order chi connectivity index (χ1) is 14.5. The number of nitrogens with one attached hydrogen (secondary N) is 2. The maximum absolute atomic E-state index is 12.8. The predicted octanol–water partition coefficient (Wildman–Crippen LogP) is 2.92. The molecule has 1 fully saturated rings. The van der Waals surface area contributed by atoms with Crippen molar-refractivity contribution >= 4 is 34.1 Å². The van der Waals surface area contributed by atoms with Gasteiger partial charge in [0.25, 0.3) is 0 Å². The number of fused-ring (bicyclic) bond motifs is 1. The van der Waals surface area contributed by atoms with Crippen molar-refractivity contribution in [2.75, 3.05) is 41.8 Å². The second-order valence-corrected chi connectivity index (χ2v) is 7.45. The summed E-state index contributed by atoms with van der Waals surface area (Å²) in [6.45, 7) is 4.75. The zero-order chi connectivity index (χ0) is 21.3. The number of benzene rings is 2. The van der Waals surface area contributed by atoms with E-state index >= 15 is 0 Å². The highest BCUT2D eigenvalue weighted by Crippen LogP contribution is 2.32. The van der Waals surface area contributed by atoms with E-state index in [1.165, 1.54) is 0 Å². The molecule has 0 unspecified atom stereocenters. The molecule has 0 aliphatic carbocycles. The number of carbonyl (C=O) groups excluding carboxylic acids is 1. The van der Waals surface area contributed by atoms with Gasteiger partial charge in [0, 0.05) is 32.9 Å². The average molecular weight is 409 g/mol. The fourth-order valence-corrected chi connectivity index (χ4v) is 3.93. The van der Waals surface area contributed by atoms with Crippen molar-refractivity contribution < 1.29 is 9.53 Å². The molecule has 0 bridgehead atoms. The summed E-state index contributed by atoms with van der Waals surface area (Å²) in [5.74, 6) is 0. The van der Waals surface area contributed by atoms with Crippen molar-refractivity contribution in [2.24, 2.45) is 14.1 Å². The largest absolute Gasteiger partial charge is 0.378 e. The number of urea groups is 1. The predicted molar refractivity (Wildman–Crippen MR) is 120 cm³/mol. The highest BCUT2D eigenvalue weighted by molar-refractivity contribution is 6.04. The summed E-state index contributed by atoms with van der Waals surface area (Å²) < 4.78 is 8.70. The molecule has 3 aromatic rings. The third kappa shape index (κ3) is 3.66. The summed E-state index contributed by atoms with van der Waals surface area (Å²) in [6.07, 6.45) is 0.827. The smallest absolute Gasteiger partial charge is 0.328 e. The number of carbonyl (C=O) groups is 1. The van der Waals surface area contributed by atoms with Crippen LogP contribution < -0.4 is 21.2 Å². The molecule has 8 nitrogen and oxygen atoms in total. The summed E-state index contributed by atoms with van der Waals surface area (Å²) >= 11 is 0. The van der Waals surface area contributed by atoms with Gasteiger partial charge in [-0.3, -0.25) is 9.13 Å². The first kappa shape index (κ1) is 20.0. The molecule has 158 valence electrons. The van der Waals surface area contributed by atoms with E-state index in [0.717, 1.165) is 47.5 Å². The van der Waals surface area contributed by atoms with Gasteiger partial charge in [0.05, 0.1) is 35.6 Å². The molecule has 2 amide bonds. The number of anilines is 3. The minimum atomic E-state index is -0.314. The van der Waals surface area contributed by atoms with Crippen molar-refractivity contribution in [3.63, 3.8) is 0 Å². The maximum atomic E-state index is 12.8. The van der Waals surface area contributed by atoms with Gasteiger partial charge in [-0.05, 0) is 30.2 Å². The van der Waals surface area contributed by atoms with E-state index in [1.54, 1.807) is 23.2 Å². The molecule has 30 heavy (non-hydrogen) atoms. The van der Waals surface area contributed by atoms with E-state index in [2.05, 4.69) is 22.5 Å². The number of hydrogen-bond donors (Lipinski definition) is 2. The number of imidazole rings is 1. The van der Waals surface area contributed by atoms with Gasteiger partial charge in [-0.1, -0.05) is 25.1 Å². The Hall–Kier alpha value is -3.26. The minimum absolute atomic E-state index is 0.101. The van der Waals surface area contributed by atoms with Crippen LogP contribution in [0.5, 0.6) is 0 Å². The van der Waals surface area contributed by atoms with E-state index in [-0.39, 0.29) is 11.7 Å². The number of amides is 2. The fraction of sp³-hybridized carbons (Fsp3) is 0.364. The molecule has 1 aliphatic heterocycles. The molecule has 8 heteroatoms. The molecule has 4 rings (SSSR count). The van der Waals surface area contributed by atoms with Crippen LogP contribution in [0, 0.1) is 0 Å². The van der Waals surface area contributed by atoms with Gasteiger partial charge in [0.2, 0.25) is 0 Å². The van der Waals surface area contributed by atoms with Gasteiger partial charge >= 0.3 is 11.7 Å². The van der Waals surface area contributed by atoms with E-state index < -0.39 is 0 Å². The van der Waals surface area contributed by atoms with Crippen molar-refractivity contribution in [1.29, 1.82) is 0 Å². The number of nitrogens with zero attached hydrogens (tertiary/aromatic N) is 3. The zero-order valence-electron chi connectivity index (χ0n) is 17.6. The molecular formula is C22H27N5O3. The Morgan fingerprint density at radius 3 is 2.33 bits per heavy atom. The van der Waals surface area contributed by atoms with Crippen LogP contribution >= 0.6 is 0 Å². The summed E-state index contributed by atoms with van der Waals surface area (Å²) in [5, 5.41) is 5.95. The fourth-order valence-electron chi connectivity index (χ4n) is 3.93. The second kappa shape index (κ2) is 8.23. The quantitative estimate of drug-likeness (QED) is 0.694. The monoisotopic (exact) mass is 409 g/mol. The van der Waals surface area contributed by atoms with Crippen molar-refractivity contribution in [3.8, 4) is 0 Å². The molecule has 1 aromatic heterocycles. The Bertz CT molecular complexity index is 1140. The molecule has 2 aromatic carbocycles. The number of aryl methyl sites for hydroxylation is 3. The first-order valence-electron chi connectivity index (χ1n) is 10.2. The second-order valence-electron chi connectivity index (χ2n) is 7.45. The Kier molecular flexibility index (Phi) is 5.50. The third-order valence-corrected chi connectivity index (χ3v) is 5.64. The normalized spacial score (nSPS) is 14.2. The Labute approximate surface area is 175 Å². The highest BCUT2D eigenvalue weighted by Gasteiger charge is 2.20. The Morgan fingerprint density at radius 1 is 1.00 bits per heavy atom. The molecule has 0 saturated carbocycles. The van der Waals surface area contributed by atoms with Gasteiger partial charge in [0.1, 0.15) is 0 Å². The van der Waals surface area contributed by atoms with Crippen LogP contribution in [0.3, 0.4) is 0 Å². The van der Waals surface area contributed by atoms with Gasteiger partial charge in [-0.15, -0.1) is 0 Å². The zero-order valence-corrected chi connectivity index (χ0v) is 17.6. The van der Waals surface area contributed by atoms with Gasteiger partial charge in [-0.25, -0.2) is 9.59 Å². The van der Waals surface area contributed by atoms with Gasteiger partial charge in [-0.2, -0.15) is 0 Å². The van der Waals surface area contributed by atoms with E-state index in [9.17, 15) is 9.59 Å². The van der Waals surface area contributed by atoms with Crippen molar-refractivity contribution in [3.05, 3.63) is 52.4 Å². The minimum Gasteiger partial charge on any atom is -0.378 e. The topological polar surface area (TPSA) is 80.5 Å². The molecular weight excluding hydrogens is 382 g/mol. The molecule has 1 aliphatic rings. The third-order valence-electron chi connectivity index (χ3n) is 5.64. The number of hydrogen-bond acceptors (Lipinski definition) is 4. The van der Waals surface area contributed by atoms with Crippen LogP contribution in [0.4, 0.5) is 21.9 Å². The lowest BCUT2D eigenvalue weighted by molar-refractivity contribution is 0.123. The van der Waals surface area contributed by atoms with Crippen LogP contribution in [0.1, 0.15) is 12.5 Å². The number of morpholine rings is 1. The highest BCUT2D eigenvalue weighted by atomic mass is 16.5. The number of ether oxygens (including phenoxy) is 1. The van der Waals surface area contributed by atoms with E-state index in [1.807, 2.05) is 36.4 Å². The lowest BCUT2D eigenvalue weighted by Gasteiger charge is -2.30. The SMILES string of the molecule is CCc1ccccc1NC(=O)Nc1cc2c(cc1N1CCOCC1)n(C)c(=O)n2C. The molecule has 0 atom stereocenters. The van der Waals surface area contributed by atoms with E-state index in [4.69, 9.17) is 4.74 Å². The maximum Gasteiger partial charge on any atom is 0.328 e. The number of rotatable bonds is 4. The van der Waals surface area contributed by atoms with Gasteiger partial charge < -0.3 is 20.3 Å². The summed E-state index contributed by atoms with van der Waals surface area (Å²) in [5.41, 5.74) is 4.90. The summed E-state index contributed by atoms with van der Waals surface area (Å²) in [7, 11) is 3.50. The molecule has 0 spiro atoms. The van der Waals surface area contributed by atoms with Gasteiger partial charge in [0.15, 0.2) is 0 Å². The molecule has 1 saturated heterocycles. The molecule has 2 heterocycles. The molecule has 2 N–H and O–H groups in total. The van der Waals surface area contributed by atoms with Crippen LogP contribution in [-0.4, -0.2) is 41.5 Å². The van der Waals surface area contributed by atoms with Crippen molar-refractivity contribution in [2.45, 2.75) is 13.3 Å². The van der Waals surface area contributed by atoms with E-state index in [0.29, 0.717) is 18.9 Å². The van der Waals surface area contributed by atoms with Crippen molar-refractivity contribution in [1.82, 2.24) is 9.13 Å². The van der Waals surface area contributed by atoms with Crippen LogP contribution in [0.15, 0.2) is 41.2 Å². The summed E-state index contributed by atoms with van der Waals surface area (Å²) in [6, 6.07) is 11.3. The standard InChI is InChI=1S/C22H27N5O3/c1-4-15-7-5-6-8-16(15)23-21(28)24-17-13-19-20(26(3)22(29)25(19)2)14-18(17)27-9-11-30-12-10-27/h5-8,13-14H,4,9-12H2,1-3H3,(H2,23,24,28). The van der Waals surface area contributed by atoms with Crippen LogP contribution in [0.25, 0.3) is 11.0 Å². The Morgan fingerprint density at radius 2 is 1.63 bits per heavy atom. The Balaban J connectivity index is 1.71. The lowest BCUT2D eigenvalue weighted by Crippen LogP contribution is -2.37. The van der Waals surface area contributed by atoms with Crippen LogP contribution in [-0.2, 0) is 25.3 Å².